The molecule has 2 fully saturated rings. The second-order valence-electron chi connectivity index (χ2n) is 7.64. The van der Waals surface area contributed by atoms with Crippen LogP contribution in [0.5, 0.6) is 0 Å². The topological polar surface area (TPSA) is 53.6 Å². The van der Waals surface area contributed by atoms with Gasteiger partial charge in [0.15, 0.2) is 0 Å². The minimum absolute atomic E-state index is 0. The van der Waals surface area contributed by atoms with E-state index in [1.54, 1.807) is 7.11 Å². The van der Waals surface area contributed by atoms with Crippen molar-refractivity contribution in [1.82, 2.24) is 15.5 Å². The Labute approximate surface area is 181 Å². The average molecular weight is 432 g/mol. The molecule has 0 aromatic heterocycles. The van der Waals surface area contributed by atoms with Crippen LogP contribution < -0.4 is 10.6 Å². The lowest BCUT2D eigenvalue weighted by atomic mass is 9.91. The van der Waals surface area contributed by atoms with E-state index in [2.05, 4.69) is 39.8 Å². The van der Waals surface area contributed by atoms with E-state index in [-0.39, 0.29) is 30.7 Å². The molecule has 1 aromatic carbocycles. The molecular weight excluding hydrogens is 397 g/mol. The fourth-order valence-corrected chi connectivity index (χ4v) is 4.09. The van der Waals surface area contributed by atoms with Gasteiger partial charge >= 0.3 is 0 Å². The summed E-state index contributed by atoms with van der Waals surface area (Å²) in [5.74, 6) is 0.0134. The molecule has 160 valence electrons. The van der Waals surface area contributed by atoms with Crippen molar-refractivity contribution in [2.45, 2.75) is 57.2 Å². The molecule has 2 aliphatic heterocycles. The summed E-state index contributed by atoms with van der Waals surface area (Å²) in [6.07, 6.45) is 6.79. The van der Waals surface area contributed by atoms with Crippen LogP contribution in [-0.2, 0) is 22.6 Å². The lowest BCUT2D eigenvalue weighted by Crippen LogP contribution is -2.53. The van der Waals surface area contributed by atoms with E-state index in [1.807, 2.05) is 0 Å². The van der Waals surface area contributed by atoms with E-state index in [1.165, 1.54) is 44.3 Å². The van der Waals surface area contributed by atoms with E-state index < -0.39 is 5.60 Å². The van der Waals surface area contributed by atoms with E-state index in [4.69, 9.17) is 4.74 Å². The van der Waals surface area contributed by atoms with Crippen LogP contribution in [0, 0.1) is 0 Å². The number of hydrogen-bond acceptors (Lipinski definition) is 4. The fraction of sp³-hybridized carbons (Fsp3) is 0.667. The third kappa shape index (κ3) is 6.89. The normalized spacial score (nSPS) is 19.6. The van der Waals surface area contributed by atoms with Crippen molar-refractivity contribution >= 4 is 30.7 Å². The van der Waals surface area contributed by atoms with Gasteiger partial charge in [0.05, 0.1) is 0 Å². The van der Waals surface area contributed by atoms with Crippen molar-refractivity contribution in [3.8, 4) is 0 Å². The first-order valence-electron chi connectivity index (χ1n) is 10.1. The van der Waals surface area contributed by atoms with Crippen LogP contribution in [0.15, 0.2) is 24.3 Å². The smallest absolute Gasteiger partial charge is 0.252 e. The maximum atomic E-state index is 12.7. The predicted octanol–water partition coefficient (Wildman–Crippen LogP) is 3.29. The number of piperidine rings is 1. The highest BCUT2D eigenvalue weighted by atomic mass is 35.5. The zero-order chi connectivity index (χ0) is 18.2. The lowest BCUT2D eigenvalue weighted by Gasteiger charge is -2.34. The van der Waals surface area contributed by atoms with Crippen LogP contribution in [0.2, 0.25) is 0 Å². The molecule has 0 spiro atoms. The zero-order valence-corrected chi connectivity index (χ0v) is 18.5. The van der Waals surface area contributed by atoms with Crippen LogP contribution in [0.25, 0.3) is 0 Å². The summed E-state index contributed by atoms with van der Waals surface area (Å²) in [5.41, 5.74) is 1.82. The van der Waals surface area contributed by atoms with Gasteiger partial charge in [-0.05, 0) is 63.0 Å². The maximum Gasteiger partial charge on any atom is 0.252 e. The Hall–Kier alpha value is -0.850. The lowest BCUT2D eigenvalue weighted by molar-refractivity contribution is -0.146. The predicted molar refractivity (Wildman–Crippen MR) is 118 cm³/mol. The molecule has 0 saturated carbocycles. The van der Waals surface area contributed by atoms with Gasteiger partial charge in [0.25, 0.3) is 5.91 Å². The molecule has 0 unspecified atom stereocenters. The summed E-state index contributed by atoms with van der Waals surface area (Å²) in [4.78, 5) is 15.2. The largest absolute Gasteiger partial charge is 0.368 e. The first-order chi connectivity index (χ1) is 12.7. The number of nitrogens with one attached hydrogen (secondary N) is 2. The summed E-state index contributed by atoms with van der Waals surface area (Å²) in [6, 6.07) is 8.62. The molecule has 2 N–H and O–H groups in total. The van der Waals surface area contributed by atoms with Crippen LogP contribution in [0.1, 0.15) is 49.7 Å². The number of hydrogen-bond donors (Lipinski definition) is 2. The van der Waals surface area contributed by atoms with Crippen molar-refractivity contribution < 1.29 is 9.53 Å². The molecule has 28 heavy (non-hydrogen) atoms. The van der Waals surface area contributed by atoms with Gasteiger partial charge in [-0.3, -0.25) is 9.69 Å². The van der Waals surface area contributed by atoms with Gasteiger partial charge in [0, 0.05) is 20.2 Å². The second-order valence-corrected chi connectivity index (χ2v) is 7.64. The number of likely N-dealkylation sites (tertiary alicyclic amines) is 1. The van der Waals surface area contributed by atoms with Crippen molar-refractivity contribution in [3.63, 3.8) is 0 Å². The number of rotatable bonds is 6. The van der Waals surface area contributed by atoms with Gasteiger partial charge in [0.2, 0.25) is 0 Å². The molecule has 2 aliphatic rings. The SMILES string of the molecule is COC1(C(=O)NCc2cccc(CN3CCCCCC3)c2)CCNCC1.Cl.Cl. The maximum absolute atomic E-state index is 12.7. The number of ether oxygens (including phenoxy) is 1. The van der Waals surface area contributed by atoms with Crippen molar-refractivity contribution in [2.24, 2.45) is 0 Å². The highest BCUT2D eigenvalue weighted by molar-refractivity contribution is 5.86. The van der Waals surface area contributed by atoms with Gasteiger partial charge in [-0.15, -0.1) is 24.8 Å². The zero-order valence-electron chi connectivity index (χ0n) is 16.9. The molecule has 1 aromatic rings. The first kappa shape index (κ1) is 25.2. The minimum atomic E-state index is -0.672. The van der Waals surface area contributed by atoms with E-state index in [0.717, 1.165) is 38.0 Å². The first-order valence-corrected chi connectivity index (χ1v) is 10.1. The highest BCUT2D eigenvalue weighted by Crippen LogP contribution is 2.23. The van der Waals surface area contributed by atoms with E-state index in [0.29, 0.717) is 6.54 Å². The van der Waals surface area contributed by atoms with Crippen molar-refractivity contribution in [3.05, 3.63) is 35.4 Å². The number of nitrogens with zero attached hydrogens (tertiary/aromatic N) is 1. The molecule has 0 atom stereocenters. The van der Waals surface area contributed by atoms with Gasteiger partial charge in [-0.2, -0.15) is 0 Å². The molecule has 0 bridgehead atoms. The summed E-state index contributed by atoms with van der Waals surface area (Å²) in [5, 5.41) is 6.38. The molecule has 3 rings (SSSR count). The molecule has 7 heteroatoms. The molecule has 2 heterocycles. The van der Waals surface area contributed by atoms with Gasteiger partial charge in [-0.1, -0.05) is 37.1 Å². The Balaban J connectivity index is 0.00000196. The van der Waals surface area contributed by atoms with E-state index >= 15 is 0 Å². The Kier molecular flexibility index (Phi) is 11.4. The third-order valence-corrected chi connectivity index (χ3v) is 5.77. The van der Waals surface area contributed by atoms with Crippen LogP contribution in [-0.4, -0.2) is 49.7 Å². The molecule has 5 nitrogen and oxygen atoms in total. The summed E-state index contributed by atoms with van der Waals surface area (Å²) < 4.78 is 5.61. The Bertz CT molecular complexity index is 587. The van der Waals surface area contributed by atoms with Crippen LogP contribution >= 0.6 is 24.8 Å². The third-order valence-electron chi connectivity index (χ3n) is 5.77. The highest BCUT2D eigenvalue weighted by Gasteiger charge is 2.39. The monoisotopic (exact) mass is 431 g/mol. The fourth-order valence-electron chi connectivity index (χ4n) is 4.09. The van der Waals surface area contributed by atoms with Gasteiger partial charge in [0.1, 0.15) is 5.60 Å². The summed E-state index contributed by atoms with van der Waals surface area (Å²) in [7, 11) is 1.65. The number of benzene rings is 1. The number of halogens is 2. The Morgan fingerprint density at radius 1 is 1.11 bits per heavy atom. The Morgan fingerprint density at radius 3 is 2.39 bits per heavy atom. The Morgan fingerprint density at radius 2 is 1.75 bits per heavy atom. The second kappa shape index (κ2) is 12.7. The van der Waals surface area contributed by atoms with Gasteiger partial charge in [-0.25, -0.2) is 0 Å². The summed E-state index contributed by atoms with van der Waals surface area (Å²) in [6.45, 7) is 5.62. The average Bonchev–Trinajstić information content (AvgIpc) is 2.95. The molecule has 2 saturated heterocycles. The molecule has 1 amide bonds. The van der Waals surface area contributed by atoms with Crippen LogP contribution in [0.3, 0.4) is 0 Å². The van der Waals surface area contributed by atoms with Crippen molar-refractivity contribution in [2.75, 3.05) is 33.3 Å². The van der Waals surface area contributed by atoms with Crippen LogP contribution in [0.4, 0.5) is 0 Å². The minimum Gasteiger partial charge on any atom is -0.368 e. The van der Waals surface area contributed by atoms with Crippen molar-refractivity contribution in [1.29, 1.82) is 0 Å². The number of amides is 1. The number of carbonyl (C=O) groups is 1. The standard InChI is InChI=1S/C21H33N3O2.2ClH/c1-26-21(9-11-22-12-10-21)20(25)23-16-18-7-6-8-19(15-18)17-24-13-4-2-3-5-14-24;;/h6-8,15,22H,2-5,9-14,16-17H2,1H3,(H,23,25);2*1H. The molecule has 0 radical (unpaired) electrons. The number of carbonyl (C=O) groups excluding carboxylic acids is 1. The molecule has 0 aliphatic carbocycles. The quantitative estimate of drug-likeness (QED) is 0.725. The van der Waals surface area contributed by atoms with E-state index in [9.17, 15) is 4.79 Å². The molecular formula is C21H35Cl2N3O2. The van der Waals surface area contributed by atoms with Gasteiger partial charge < -0.3 is 15.4 Å². The summed E-state index contributed by atoms with van der Waals surface area (Å²) >= 11 is 0. The number of methoxy groups -OCH3 is 1.